The molecule has 1 N–H and O–H groups in total. The van der Waals surface area contributed by atoms with Crippen LogP contribution >= 0.6 is 0 Å². The number of hydrogen-bond donors (Lipinski definition) is 1. The molecule has 4 nitrogen and oxygen atoms in total. The molecule has 0 radical (unpaired) electrons. The average Bonchev–Trinajstić information content (AvgIpc) is 2.56. The van der Waals surface area contributed by atoms with E-state index in [2.05, 4.69) is 9.71 Å². The van der Waals surface area contributed by atoms with Crippen LogP contribution in [0.3, 0.4) is 0 Å². The van der Waals surface area contributed by atoms with E-state index in [9.17, 15) is 8.42 Å². The van der Waals surface area contributed by atoms with Crippen LogP contribution < -0.4 is 4.72 Å². The van der Waals surface area contributed by atoms with Crippen molar-refractivity contribution in [1.29, 1.82) is 0 Å². The molecule has 0 aliphatic carbocycles. The number of rotatable bonds is 8. The van der Waals surface area contributed by atoms with Crippen LogP contribution in [-0.4, -0.2) is 25.7 Å². The summed E-state index contributed by atoms with van der Waals surface area (Å²) in [6.45, 7) is 4.35. The predicted octanol–water partition coefficient (Wildman–Crippen LogP) is 3.24. The molecule has 1 heterocycles. The first-order valence-corrected chi connectivity index (χ1v) is 9.62. The van der Waals surface area contributed by atoms with Crippen molar-refractivity contribution in [3.63, 3.8) is 0 Å². The number of sulfonamides is 1. The van der Waals surface area contributed by atoms with Crippen molar-refractivity contribution in [2.24, 2.45) is 0 Å². The van der Waals surface area contributed by atoms with E-state index in [-0.39, 0.29) is 11.7 Å². The molecule has 1 atom stereocenters. The van der Waals surface area contributed by atoms with E-state index >= 15 is 0 Å². The van der Waals surface area contributed by atoms with Crippen LogP contribution in [0, 0.1) is 6.92 Å². The highest BCUT2D eigenvalue weighted by Gasteiger charge is 2.20. The first kappa shape index (κ1) is 17.6. The number of aryl methyl sites for hydroxylation is 1. The molecule has 1 unspecified atom stereocenters. The molecule has 0 saturated carbocycles. The van der Waals surface area contributed by atoms with Crippen LogP contribution in [0.25, 0.3) is 0 Å². The standard InChI is InChI=1S/C18H24N2O2S/c1-3-4-13-23(21,22)20-14-17(18-11-7-8-12-19-18)16-10-6-5-9-15(16)2/h5-12,17,20H,3-4,13-14H2,1-2H3. The minimum Gasteiger partial charge on any atom is -0.261 e. The maximum Gasteiger partial charge on any atom is 0.211 e. The minimum atomic E-state index is -3.25. The van der Waals surface area contributed by atoms with Crippen molar-refractivity contribution in [2.45, 2.75) is 32.6 Å². The Morgan fingerprint density at radius 3 is 2.52 bits per heavy atom. The van der Waals surface area contributed by atoms with Gasteiger partial charge in [0.2, 0.25) is 10.0 Å². The normalized spacial score (nSPS) is 13.0. The van der Waals surface area contributed by atoms with Gasteiger partial charge in [0.25, 0.3) is 0 Å². The maximum atomic E-state index is 12.1. The maximum absolute atomic E-state index is 12.1. The molecule has 124 valence electrons. The van der Waals surface area contributed by atoms with Crippen LogP contribution in [0.15, 0.2) is 48.7 Å². The lowest BCUT2D eigenvalue weighted by atomic mass is 9.92. The quantitative estimate of drug-likeness (QED) is 0.807. The predicted molar refractivity (Wildman–Crippen MR) is 94.0 cm³/mol. The molecule has 1 aromatic heterocycles. The van der Waals surface area contributed by atoms with Gasteiger partial charge in [-0.1, -0.05) is 43.7 Å². The van der Waals surface area contributed by atoms with Gasteiger partial charge in [0.15, 0.2) is 0 Å². The van der Waals surface area contributed by atoms with Crippen molar-refractivity contribution in [2.75, 3.05) is 12.3 Å². The molecule has 0 bridgehead atoms. The summed E-state index contributed by atoms with van der Waals surface area (Å²) < 4.78 is 27.0. The molecule has 23 heavy (non-hydrogen) atoms. The van der Waals surface area contributed by atoms with Crippen LogP contribution in [0.4, 0.5) is 0 Å². The van der Waals surface area contributed by atoms with E-state index in [0.717, 1.165) is 23.2 Å². The van der Waals surface area contributed by atoms with E-state index in [1.165, 1.54) is 0 Å². The van der Waals surface area contributed by atoms with Crippen LogP contribution in [-0.2, 0) is 10.0 Å². The Kier molecular flexibility index (Phi) is 6.30. The first-order chi connectivity index (χ1) is 11.0. The Hall–Kier alpha value is -1.72. The molecule has 5 heteroatoms. The lowest BCUT2D eigenvalue weighted by Crippen LogP contribution is -2.31. The molecular formula is C18H24N2O2S. The topological polar surface area (TPSA) is 59.1 Å². The number of pyridine rings is 1. The lowest BCUT2D eigenvalue weighted by molar-refractivity contribution is 0.573. The highest BCUT2D eigenvalue weighted by atomic mass is 32.2. The van der Waals surface area contributed by atoms with E-state index in [0.29, 0.717) is 13.0 Å². The first-order valence-electron chi connectivity index (χ1n) is 7.97. The Balaban J connectivity index is 2.24. The van der Waals surface area contributed by atoms with Gasteiger partial charge >= 0.3 is 0 Å². The molecule has 2 aromatic rings. The second-order valence-electron chi connectivity index (χ2n) is 5.68. The van der Waals surface area contributed by atoms with Gasteiger partial charge < -0.3 is 0 Å². The highest BCUT2D eigenvalue weighted by Crippen LogP contribution is 2.25. The SMILES string of the molecule is CCCCS(=O)(=O)NCC(c1ccccn1)c1ccccc1C. The third-order valence-corrected chi connectivity index (χ3v) is 5.32. The average molecular weight is 332 g/mol. The zero-order chi connectivity index (χ0) is 16.7. The van der Waals surface area contributed by atoms with Crippen molar-refractivity contribution >= 4 is 10.0 Å². The van der Waals surface area contributed by atoms with Crippen molar-refractivity contribution in [3.05, 3.63) is 65.5 Å². The van der Waals surface area contributed by atoms with E-state index < -0.39 is 10.0 Å². The smallest absolute Gasteiger partial charge is 0.211 e. The number of unbranched alkanes of at least 4 members (excludes halogenated alkanes) is 1. The zero-order valence-corrected chi connectivity index (χ0v) is 14.5. The number of hydrogen-bond acceptors (Lipinski definition) is 3. The number of aromatic nitrogens is 1. The Labute approximate surface area is 139 Å². The fourth-order valence-electron chi connectivity index (χ4n) is 2.55. The third kappa shape index (κ3) is 5.15. The Bertz CT molecular complexity index is 715. The molecule has 0 aliphatic heterocycles. The molecule has 0 amide bonds. The molecule has 0 saturated heterocycles. The van der Waals surface area contributed by atoms with E-state index in [4.69, 9.17) is 0 Å². The summed E-state index contributed by atoms with van der Waals surface area (Å²) in [6, 6.07) is 13.8. The fourth-order valence-corrected chi connectivity index (χ4v) is 3.78. The molecule has 0 fully saturated rings. The zero-order valence-electron chi connectivity index (χ0n) is 13.7. The van der Waals surface area contributed by atoms with Crippen molar-refractivity contribution < 1.29 is 8.42 Å². The second-order valence-corrected chi connectivity index (χ2v) is 7.61. The van der Waals surface area contributed by atoms with Crippen molar-refractivity contribution in [3.8, 4) is 0 Å². The summed E-state index contributed by atoms with van der Waals surface area (Å²) in [5, 5.41) is 0. The summed E-state index contributed by atoms with van der Waals surface area (Å²) in [5.41, 5.74) is 3.11. The number of nitrogens with zero attached hydrogens (tertiary/aromatic N) is 1. The molecule has 0 spiro atoms. The fraction of sp³-hybridized carbons (Fsp3) is 0.389. The van der Waals surface area contributed by atoms with E-state index in [1.54, 1.807) is 6.20 Å². The van der Waals surface area contributed by atoms with Gasteiger partial charge in [0.1, 0.15) is 0 Å². The van der Waals surface area contributed by atoms with Crippen LogP contribution in [0.5, 0.6) is 0 Å². The van der Waals surface area contributed by atoms with Gasteiger partial charge in [-0.25, -0.2) is 13.1 Å². The van der Waals surface area contributed by atoms with Gasteiger partial charge in [-0.15, -0.1) is 0 Å². The van der Waals surface area contributed by atoms with Crippen LogP contribution in [0.2, 0.25) is 0 Å². The largest absolute Gasteiger partial charge is 0.261 e. The van der Waals surface area contributed by atoms with Gasteiger partial charge in [0, 0.05) is 24.4 Å². The monoisotopic (exact) mass is 332 g/mol. The summed E-state index contributed by atoms with van der Waals surface area (Å²) in [7, 11) is -3.25. The highest BCUT2D eigenvalue weighted by molar-refractivity contribution is 7.89. The summed E-state index contributed by atoms with van der Waals surface area (Å²) in [4.78, 5) is 4.42. The summed E-state index contributed by atoms with van der Waals surface area (Å²) in [6.07, 6.45) is 3.28. The molecule has 1 aromatic carbocycles. The number of benzene rings is 1. The van der Waals surface area contributed by atoms with E-state index in [1.807, 2.05) is 56.3 Å². The van der Waals surface area contributed by atoms with Gasteiger partial charge in [-0.3, -0.25) is 4.98 Å². The Morgan fingerprint density at radius 1 is 1.13 bits per heavy atom. The molecule has 0 aliphatic rings. The van der Waals surface area contributed by atoms with Gasteiger partial charge in [-0.2, -0.15) is 0 Å². The van der Waals surface area contributed by atoms with Gasteiger partial charge in [-0.05, 0) is 36.6 Å². The minimum absolute atomic E-state index is 0.0891. The van der Waals surface area contributed by atoms with Gasteiger partial charge in [0.05, 0.1) is 5.75 Å². The summed E-state index contributed by atoms with van der Waals surface area (Å²) in [5.74, 6) is 0.0838. The summed E-state index contributed by atoms with van der Waals surface area (Å²) >= 11 is 0. The van der Waals surface area contributed by atoms with Crippen molar-refractivity contribution in [1.82, 2.24) is 9.71 Å². The second kappa shape index (κ2) is 8.22. The molecular weight excluding hydrogens is 308 g/mol. The third-order valence-electron chi connectivity index (χ3n) is 3.88. The lowest BCUT2D eigenvalue weighted by Gasteiger charge is -2.19. The van der Waals surface area contributed by atoms with Crippen LogP contribution in [0.1, 0.15) is 42.5 Å². The Morgan fingerprint density at radius 2 is 1.87 bits per heavy atom. The number of nitrogens with one attached hydrogen (secondary N) is 1. The molecule has 2 rings (SSSR count).